The number of ether oxygens (including phenoxy) is 1. The van der Waals surface area contributed by atoms with E-state index in [1.54, 1.807) is 6.07 Å². The first-order valence-corrected chi connectivity index (χ1v) is 5.64. The van der Waals surface area contributed by atoms with Gasteiger partial charge in [0.15, 0.2) is 0 Å². The molecule has 86 valence electrons. The lowest BCUT2D eigenvalue weighted by Crippen LogP contribution is -2.06. The van der Waals surface area contributed by atoms with Crippen molar-refractivity contribution in [3.05, 3.63) is 28.8 Å². The van der Waals surface area contributed by atoms with Crippen molar-refractivity contribution < 1.29 is 4.74 Å². The van der Waals surface area contributed by atoms with Gasteiger partial charge in [0, 0.05) is 6.42 Å². The third kappa shape index (κ3) is 3.73. The molecule has 0 aliphatic carbocycles. The molecule has 0 unspecified atom stereocenters. The van der Waals surface area contributed by atoms with Crippen LogP contribution in [-0.2, 0) is 6.42 Å². The maximum Gasteiger partial charge on any atom is 0.141 e. The van der Waals surface area contributed by atoms with Crippen molar-refractivity contribution in [1.29, 1.82) is 5.26 Å². The van der Waals surface area contributed by atoms with Crippen LogP contribution in [0.25, 0.3) is 0 Å². The predicted octanol–water partition coefficient (Wildman–Crippen LogP) is 2.52. The number of para-hydroxylation sites is 1. The summed E-state index contributed by atoms with van der Waals surface area (Å²) >= 11 is 6.05. The van der Waals surface area contributed by atoms with E-state index in [1.807, 2.05) is 12.1 Å². The SMILES string of the molecule is N#CCCCOc1c(Cl)cccc1CCN. The van der Waals surface area contributed by atoms with Crippen molar-refractivity contribution in [2.75, 3.05) is 13.2 Å². The van der Waals surface area contributed by atoms with Gasteiger partial charge in [-0.2, -0.15) is 5.26 Å². The smallest absolute Gasteiger partial charge is 0.141 e. The van der Waals surface area contributed by atoms with Crippen LogP contribution >= 0.6 is 11.6 Å². The van der Waals surface area contributed by atoms with Crippen molar-refractivity contribution in [2.24, 2.45) is 5.73 Å². The van der Waals surface area contributed by atoms with Gasteiger partial charge in [-0.15, -0.1) is 0 Å². The average Bonchev–Trinajstić information content (AvgIpc) is 2.28. The Kier molecular flexibility index (Phi) is 5.69. The minimum absolute atomic E-state index is 0.497. The zero-order valence-electron chi connectivity index (χ0n) is 9.08. The summed E-state index contributed by atoms with van der Waals surface area (Å²) in [5.74, 6) is 0.701. The number of rotatable bonds is 6. The highest BCUT2D eigenvalue weighted by molar-refractivity contribution is 6.32. The molecule has 0 fully saturated rings. The van der Waals surface area contributed by atoms with Gasteiger partial charge in [-0.05, 0) is 31.0 Å². The molecule has 4 heteroatoms. The van der Waals surface area contributed by atoms with Gasteiger partial charge >= 0.3 is 0 Å². The summed E-state index contributed by atoms with van der Waals surface area (Å²) in [6.45, 7) is 1.07. The van der Waals surface area contributed by atoms with Crippen LogP contribution in [0.15, 0.2) is 18.2 Å². The Labute approximate surface area is 101 Å². The molecule has 0 heterocycles. The molecular formula is C12H15ClN2O. The van der Waals surface area contributed by atoms with Crippen LogP contribution in [0.1, 0.15) is 18.4 Å². The number of halogens is 1. The standard InChI is InChI=1S/C12H15ClN2O/c13-11-5-3-4-10(6-8-15)12(11)16-9-2-1-7-14/h3-5H,1-2,6,8-9,15H2. The molecule has 1 rings (SSSR count). The normalized spacial score (nSPS) is 9.81. The molecule has 1 aromatic carbocycles. The van der Waals surface area contributed by atoms with E-state index in [4.69, 9.17) is 27.3 Å². The molecule has 0 atom stereocenters. The summed E-state index contributed by atoms with van der Waals surface area (Å²) in [5, 5.41) is 9.01. The van der Waals surface area contributed by atoms with E-state index in [0.29, 0.717) is 36.8 Å². The van der Waals surface area contributed by atoms with Crippen molar-refractivity contribution >= 4 is 11.6 Å². The molecule has 0 bridgehead atoms. The minimum atomic E-state index is 0.497. The Hall–Kier alpha value is -1.24. The summed E-state index contributed by atoms with van der Waals surface area (Å²) in [6.07, 6.45) is 1.95. The highest BCUT2D eigenvalue weighted by Crippen LogP contribution is 2.29. The molecule has 0 aliphatic heterocycles. The van der Waals surface area contributed by atoms with Gasteiger partial charge < -0.3 is 10.5 Å². The number of unbranched alkanes of at least 4 members (excludes halogenated alkanes) is 1. The summed E-state index contributed by atoms with van der Waals surface area (Å²) in [5.41, 5.74) is 6.53. The Morgan fingerprint density at radius 2 is 2.25 bits per heavy atom. The second-order valence-corrected chi connectivity index (χ2v) is 3.78. The van der Waals surface area contributed by atoms with E-state index in [2.05, 4.69) is 6.07 Å². The first-order chi connectivity index (χ1) is 7.79. The van der Waals surface area contributed by atoms with Gasteiger partial charge in [-0.3, -0.25) is 0 Å². The molecule has 0 spiro atoms. The highest BCUT2D eigenvalue weighted by Gasteiger charge is 2.07. The Bertz CT molecular complexity index is 374. The van der Waals surface area contributed by atoms with Gasteiger partial charge in [0.25, 0.3) is 0 Å². The fourth-order valence-electron chi connectivity index (χ4n) is 1.39. The third-order valence-electron chi connectivity index (χ3n) is 2.14. The lowest BCUT2D eigenvalue weighted by molar-refractivity contribution is 0.310. The highest BCUT2D eigenvalue weighted by atomic mass is 35.5. The topological polar surface area (TPSA) is 59.0 Å². The quantitative estimate of drug-likeness (QED) is 0.775. The number of nitriles is 1. The van der Waals surface area contributed by atoms with Gasteiger partial charge in [0.05, 0.1) is 17.7 Å². The van der Waals surface area contributed by atoms with Gasteiger partial charge in [-0.25, -0.2) is 0 Å². The van der Waals surface area contributed by atoms with Crippen LogP contribution in [0.2, 0.25) is 5.02 Å². The van der Waals surface area contributed by atoms with Crippen LogP contribution in [0.4, 0.5) is 0 Å². The summed E-state index contributed by atoms with van der Waals surface area (Å²) in [7, 11) is 0. The summed E-state index contributed by atoms with van der Waals surface area (Å²) < 4.78 is 5.58. The minimum Gasteiger partial charge on any atom is -0.492 e. The monoisotopic (exact) mass is 238 g/mol. The van der Waals surface area contributed by atoms with Crippen molar-refractivity contribution in [3.8, 4) is 11.8 Å². The van der Waals surface area contributed by atoms with E-state index >= 15 is 0 Å². The second-order valence-electron chi connectivity index (χ2n) is 3.38. The first kappa shape index (κ1) is 12.8. The summed E-state index contributed by atoms with van der Waals surface area (Å²) in [6, 6.07) is 7.71. The molecule has 0 aromatic heterocycles. The van der Waals surface area contributed by atoms with Crippen LogP contribution in [0.5, 0.6) is 5.75 Å². The third-order valence-corrected chi connectivity index (χ3v) is 2.44. The largest absolute Gasteiger partial charge is 0.492 e. The fourth-order valence-corrected chi connectivity index (χ4v) is 1.64. The molecule has 0 saturated heterocycles. The number of hydrogen-bond donors (Lipinski definition) is 1. The van der Waals surface area contributed by atoms with Gasteiger partial charge in [0.2, 0.25) is 0 Å². The lowest BCUT2D eigenvalue weighted by Gasteiger charge is -2.11. The zero-order valence-corrected chi connectivity index (χ0v) is 9.83. The van der Waals surface area contributed by atoms with Crippen molar-refractivity contribution in [1.82, 2.24) is 0 Å². The maximum absolute atomic E-state index is 8.41. The van der Waals surface area contributed by atoms with E-state index in [1.165, 1.54) is 0 Å². The molecule has 1 aromatic rings. The first-order valence-electron chi connectivity index (χ1n) is 5.26. The van der Waals surface area contributed by atoms with Crippen LogP contribution in [-0.4, -0.2) is 13.2 Å². The van der Waals surface area contributed by atoms with Crippen molar-refractivity contribution in [2.45, 2.75) is 19.3 Å². The molecule has 2 N–H and O–H groups in total. The molecule has 16 heavy (non-hydrogen) atoms. The summed E-state index contributed by atoms with van der Waals surface area (Å²) in [4.78, 5) is 0. The number of nitrogens with zero attached hydrogens (tertiary/aromatic N) is 1. The van der Waals surface area contributed by atoms with E-state index < -0.39 is 0 Å². The van der Waals surface area contributed by atoms with Gasteiger partial charge in [0.1, 0.15) is 5.75 Å². The molecule has 0 saturated carbocycles. The van der Waals surface area contributed by atoms with E-state index in [9.17, 15) is 0 Å². The van der Waals surface area contributed by atoms with Crippen LogP contribution in [0.3, 0.4) is 0 Å². The molecule has 0 aliphatic rings. The Morgan fingerprint density at radius 3 is 2.94 bits per heavy atom. The Balaban J connectivity index is 2.65. The molecule has 3 nitrogen and oxygen atoms in total. The average molecular weight is 239 g/mol. The number of hydrogen-bond acceptors (Lipinski definition) is 3. The lowest BCUT2D eigenvalue weighted by atomic mass is 10.1. The van der Waals surface area contributed by atoms with Gasteiger partial charge in [-0.1, -0.05) is 23.7 Å². The van der Waals surface area contributed by atoms with Crippen LogP contribution < -0.4 is 10.5 Å². The van der Waals surface area contributed by atoms with E-state index in [-0.39, 0.29) is 0 Å². The maximum atomic E-state index is 8.41. The van der Waals surface area contributed by atoms with Crippen molar-refractivity contribution in [3.63, 3.8) is 0 Å². The molecular weight excluding hydrogens is 224 g/mol. The molecule has 0 amide bonds. The fraction of sp³-hybridized carbons (Fsp3) is 0.417. The second kappa shape index (κ2) is 7.10. The van der Waals surface area contributed by atoms with Crippen LogP contribution in [0, 0.1) is 11.3 Å². The molecule has 0 radical (unpaired) electrons. The predicted molar refractivity (Wildman–Crippen MR) is 64.6 cm³/mol. The number of nitrogens with two attached hydrogens (primary N) is 1. The Morgan fingerprint density at radius 1 is 1.44 bits per heavy atom. The number of benzene rings is 1. The van der Waals surface area contributed by atoms with E-state index in [0.717, 1.165) is 12.0 Å². The zero-order chi connectivity index (χ0) is 11.8.